The Bertz CT molecular complexity index is 721. The molecule has 0 radical (unpaired) electrons. The molecule has 0 aliphatic carbocycles. The van der Waals surface area contributed by atoms with Gasteiger partial charge >= 0.3 is 0 Å². The van der Waals surface area contributed by atoms with Gasteiger partial charge in [-0.05, 0) is 32.0 Å². The first-order valence-electron chi connectivity index (χ1n) is 8.74. The van der Waals surface area contributed by atoms with Crippen LogP contribution in [0.5, 0.6) is 0 Å². The molecule has 1 atom stereocenters. The van der Waals surface area contributed by atoms with Gasteiger partial charge < -0.3 is 14.7 Å². The second kappa shape index (κ2) is 6.39. The molecule has 0 saturated carbocycles. The predicted molar refractivity (Wildman–Crippen MR) is 92.0 cm³/mol. The minimum absolute atomic E-state index is 0.0678. The van der Waals surface area contributed by atoms with Crippen molar-refractivity contribution in [2.24, 2.45) is 5.92 Å². The fourth-order valence-corrected chi connectivity index (χ4v) is 3.69. The third kappa shape index (κ3) is 2.84. The van der Waals surface area contributed by atoms with E-state index in [1.165, 1.54) is 0 Å². The third-order valence-corrected chi connectivity index (χ3v) is 5.16. The summed E-state index contributed by atoms with van der Waals surface area (Å²) in [4.78, 5) is 19.4. The van der Waals surface area contributed by atoms with Crippen molar-refractivity contribution in [3.05, 3.63) is 24.4 Å². The maximum absolute atomic E-state index is 12.9. The Morgan fingerprint density at radius 3 is 2.79 bits per heavy atom. The van der Waals surface area contributed by atoms with Crippen LogP contribution in [-0.4, -0.2) is 76.6 Å². The summed E-state index contributed by atoms with van der Waals surface area (Å²) in [6, 6.07) is 5.90. The predicted octanol–water partition coefficient (Wildman–Crippen LogP) is 0.720. The molecule has 128 valence electrons. The van der Waals surface area contributed by atoms with E-state index in [4.69, 9.17) is 0 Å². The second-order valence-electron chi connectivity index (χ2n) is 6.84. The molecule has 2 fully saturated rings. The van der Waals surface area contributed by atoms with Crippen molar-refractivity contribution in [2.45, 2.75) is 12.8 Å². The summed E-state index contributed by atoms with van der Waals surface area (Å²) in [5.74, 6) is 1.22. The average Bonchev–Trinajstić information content (AvgIpc) is 3.06. The molecule has 4 heterocycles. The van der Waals surface area contributed by atoms with Gasteiger partial charge in [-0.1, -0.05) is 6.07 Å². The molecule has 1 unspecified atom stereocenters. The van der Waals surface area contributed by atoms with Gasteiger partial charge in [-0.25, -0.2) is 0 Å². The Kier molecular flexibility index (Phi) is 4.10. The Morgan fingerprint density at radius 1 is 1.12 bits per heavy atom. The minimum Gasteiger partial charge on any atom is -0.340 e. The van der Waals surface area contributed by atoms with Gasteiger partial charge in [0, 0.05) is 45.5 Å². The van der Waals surface area contributed by atoms with Crippen LogP contribution in [0.4, 0.5) is 5.95 Å². The van der Waals surface area contributed by atoms with Crippen LogP contribution >= 0.6 is 0 Å². The number of nitrogens with zero attached hydrogens (tertiary/aromatic N) is 6. The highest BCUT2D eigenvalue weighted by Gasteiger charge is 2.31. The Hall–Kier alpha value is -2.15. The molecule has 2 aliphatic heterocycles. The maximum Gasteiger partial charge on any atom is 0.231 e. The standard InChI is InChI=1S/C17H24N6O/c1-20-9-11-21(12-10-20)16(24)14-5-4-7-22(13-14)17-19-18-15-6-2-3-8-23(15)17/h2-3,6,8,14H,4-5,7,9-13H2,1H3. The zero-order chi connectivity index (χ0) is 16.5. The van der Waals surface area contributed by atoms with Gasteiger partial charge in [0.2, 0.25) is 11.9 Å². The van der Waals surface area contributed by atoms with Crippen molar-refractivity contribution in [3.8, 4) is 0 Å². The number of hydrogen-bond donors (Lipinski definition) is 0. The fraction of sp³-hybridized carbons (Fsp3) is 0.588. The highest BCUT2D eigenvalue weighted by Crippen LogP contribution is 2.24. The molecule has 0 bridgehead atoms. The molecule has 0 spiro atoms. The van der Waals surface area contributed by atoms with E-state index in [1.54, 1.807) is 0 Å². The number of aromatic nitrogens is 3. The number of amides is 1. The number of piperazine rings is 1. The molecule has 24 heavy (non-hydrogen) atoms. The summed E-state index contributed by atoms with van der Waals surface area (Å²) in [6.45, 7) is 5.30. The van der Waals surface area contributed by atoms with Crippen LogP contribution in [0, 0.1) is 5.92 Å². The molecule has 2 aliphatic rings. The Labute approximate surface area is 141 Å². The zero-order valence-electron chi connectivity index (χ0n) is 14.1. The lowest BCUT2D eigenvalue weighted by molar-refractivity contribution is -0.137. The summed E-state index contributed by atoms with van der Waals surface area (Å²) in [5.41, 5.74) is 0.847. The van der Waals surface area contributed by atoms with Crippen LogP contribution in [-0.2, 0) is 4.79 Å². The van der Waals surface area contributed by atoms with Gasteiger partial charge in [-0.15, -0.1) is 10.2 Å². The van der Waals surface area contributed by atoms with Crippen molar-refractivity contribution in [3.63, 3.8) is 0 Å². The number of carbonyl (C=O) groups is 1. The van der Waals surface area contributed by atoms with Gasteiger partial charge in [-0.2, -0.15) is 0 Å². The lowest BCUT2D eigenvalue weighted by atomic mass is 9.96. The van der Waals surface area contributed by atoms with Gasteiger partial charge in [-0.3, -0.25) is 9.20 Å². The van der Waals surface area contributed by atoms with Crippen LogP contribution in [0.25, 0.3) is 5.65 Å². The molecule has 0 N–H and O–H groups in total. The molecule has 2 aromatic rings. The number of fused-ring (bicyclic) bond motifs is 1. The van der Waals surface area contributed by atoms with E-state index in [1.807, 2.05) is 33.7 Å². The van der Waals surface area contributed by atoms with E-state index in [9.17, 15) is 4.79 Å². The van der Waals surface area contributed by atoms with Crippen LogP contribution < -0.4 is 4.90 Å². The number of likely N-dealkylation sites (N-methyl/N-ethyl adjacent to an activating group) is 1. The van der Waals surface area contributed by atoms with Gasteiger partial charge in [0.25, 0.3) is 0 Å². The summed E-state index contributed by atoms with van der Waals surface area (Å²) >= 11 is 0. The highest BCUT2D eigenvalue weighted by atomic mass is 16.2. The molecule has 7 nitrogen and oxygen atoms in total. The number of hydrogen-bond acceptors (Lipinski definition) is 5. The normalized spacial score (nSPS) is 23.0. The van der Waals surface area contributed by atoms with Crippen LogP contribution in [0.1, 0.15) is 12.8 Å². The van der Waals surface area contributed by atoms with Gasteiger partial charge in [0.15, 0.2) is 5.65 Å². The SMILES string of the molecule is CN1CCN(C(=O)C2CCCN(c3nnc4ccccn34)C2)CC1. The van der Waals surface area contributed by atoms with Crippen LogP contribution in [0.3, 0.4) is 0 Å². The van der Waals surface area contributed by atoms with Crippen LogP contribution in [0.2, 0.25) is 0 Å². The monoisotopic (exact) mass is 328 g/mol. The van der Waals surface area contributed by atoms with Crippen molar-refractivity contribution in [2.75, 3.05) is 51.2 Å². The molecule has 4 rings (SSSR count). The number of rotatable bonds is 2. The summed E-state index contributed by atoms with van der Waals surface area (Å²) < 4.78 is 2.00. The van der Waals surface area contributed by atoms with E-state index < -0.39 is 0 Å². The van der Waals surface area contributed by atoms with Gasteiger partial charge in [0.1, 0.15) is 0 Å². The fourth-order valence-electron chi connectivity index (χ4n) is 3.69. The van der Waals surface area contributed by atoms with E-state index in [2.05, 4.69) is 27.0 Å². The smallest absolute Gasteiger partial charge is 0.231 e. The van der Waals surface area contributed by atoms with E-state index in [0.717, 1.165) is 63.7 Å². The largest absolute Gasteiger partial charge is 0.340 e. The molecule has 7 heteroatoms. The number of carbonyl (C=O) groups excluding carboxylic acids is 1. The minimum atomic E-state index is 0.0678. The van der Waals surface area contributed by atoms with Crippen molar-refractivity contribution < 1.29 is 4.79 Å². The summed E-state index contributed by atoms with van der Waals surface area (Å²) in [5, 5.41) is 8.57. The quantitative estimate of drug-likeness (QED) is 0.813. The molecular formula is C17H24N6O. The molecule has 2 saturated heterocycles. The zero-order valence-corrected chi connectivity index (χ0v) is 14.1. The van der Waals surface area contributed by atoms with Gasteiger partial charge in [0.05, 0.1) is 5.92 Å². The number of anilines is 1. The summed E-state index contributed by atoms with van der Waals surface area (Å²) in [6.07, 6.45) is 3.97. The topological polar surface area (TPSA) is 57.0 Å². The molecule has 1 amide bonds. The van der Waals surface area contributed by atoms with E-state index in [-0.39, 0.29) is 5.92 Å². The Balaban J connectivity index is 1.48. The lowest BCUT2D eigenvalue weighted by Crippen LogP contribution is -2.51. The van der Waals surface area contributed by atoms with Crippen LogP contribution in [0.15, 0.2) is 24.4 Å². The molecule has 2 aromatic heterocycles. The third-order valence-electron chi connectivity index (χ3n) is 5.16. The number of pyridine rings is 1. The van der Waals surface area contributed by atoms with Crippen molar-refractivity contribution >= 4 is 17.5 Å². The maximum atomic E-state index is 12.9. The number of piperidine rings is 1. The summed E-state index contributed by atoms with van der Waals surface area (Å²) in [7, 11) is 2.11. The first-order chi connectivity index (χ1) is 11.7. The molecular weight excluding hydrogens is 304 g/mol. The second-order valence-corrected chi connectivity index (χ2v) is 6.84. The van der Waals surface area contributed by atoms with E-state index >= 15 is 0 Å². The molecule has 0 aromatic carbocycles. The van der Waals surface area contributed by atoms with Crippen molar-refractivity contribution in [1.82, 2.24) is 24.4 Å². The Morgan fingerprint density at radius 2 is 1.96 bits per heavy atom. The first-order valence-corrected chi connectivity index (χ1v) is 8.74. The average molecular weight is 328 g/mol. The lowest BCUT2D eigenvalue weighted by Gasteiger charge is -2.38. The first kappa shape index (κ1) is 15.4. The van der Waals surface area contributed by atoms with E-state index in [0.29, 0.717) is 5.91 Å². The van der Waals surface area contributed by atoms with Crippen molar-refractivity contribution in [1.29, 1.82) is 0 Å². The highest BCUT2D eigenvalue weighted by molar-refractivity contribution is 5.80.